The van der Waals surface area contributed by atoms with E-state index in [1.54, 1.807) is 11.3 Å². The molecule has 1 aromatic carbocycles. The second kappa shape index (κ2) is 7.57. The van der Waals surface area contributed by atoms with Gasteiger partial charge in [-0.1, -0.05) is 56.7 Å². The molecule has 0 fully saturated rings. The van der Waals surface area contributed by atoms with Crippen molar-refractivity contribution in [2.75, 3.05) is 11.4 Å². The molecule has 0 spiro atoms. The summed E-state index contributed by atoms with van der Waals surface area (Å²) in [6.07, 6.45) is 2.33. The molecule has 0 saturated heterocycles. The highest BCUT2D eigenvalue weighted by Crippen LogP contribution is 2.34. The van der Waals surface area contributed by atoms with Gasteiger partial charge < -0.3 is 10.6 Å². The minimum Gasteiger partial charge on any atom is -0.326 e. The fraction of sp³-hybridized carbons (Fsp3) is 0.471. The van der Waals surface area contributed by atoms with Crippen LogP contribution in [0.4, 0.5) is 10.8 Å². The highest BCUT2D eigenvalue weighted by atomic mass is 32.1. The molecule has 0 amide bonds. The zero-order chi connectivity index (χ0) is 15.2. The van der Waals surface area contributed by atoms with Gasteiger partial charge in [0.05, 0.1) is 5.69 Å². The minimum absolute atomic E-state index is 0.414. The van der Waals surface area contributed by atoms with Crippen LogP contribution < -0.4 is 10.6 Å². The van der Waals surface area contributed by atoms with Gasteiger partial charge in [0.25, 0.3) is 0 Å². The lowest BCUT2D eigenvalue weighted by Gasteiger charge is -2.21. The van der Waals surface area contributed by atoms with Crippen LogP contribution in [0.3, 0.4) is 0 Å². The third-order valence-electron chi connectivity index (χ3n) is 3.48. The molecular formula is C17H25N3S. The molecule has 0 bridgehead atoms. The third kappa shape index (κ3) is 3.83. The number of hydrogen-bond acceptors (Lipinski definition) is 4. The summed E-state index contributed by atoms with van der Waals surface area (Å²) in [4.78, 5) is 8.40. The Morgan fingerprint density at radius 3 is 2.48 bits per heavy atom. The van der Waals surface area contributed by atoms with E-state index < -0.39 is 0 Å². The third-order valence-corrected chi connectivity index (χ3v) is 4.60. The maximum absolute atomic E-state index is 5.89. The Morgan fingerprint density at radius 2 is 1.95 bits per heavy atom. The number of rotatable bonds is 7. The molecule has 0 aliphatic carbocycles. The number of benzene rings is 1. The topological polar surface area (TPSA) is 42.2 Å². The molecule has 0 aliphatic rings. The van der Waals surface area contributed by atoms with Crippen molar-refractivity contribution in [1.29, 1.82) is 0 Å². The van der Waals surface area contributed by atoms with Gasteiger partial charge in [-0.15, -0.1) is 0 Å². The average molecular weight is 303 g/mol. The van der Waals surface area contributed by atoms with Crippen molar-refractivity contribution in [1.82, 2.24) is 4.98 Å². The van der Waals surface area contributed by atoms with Crippen LogP contribution in [0, 0.1) is 0 Å². The van der Waals surface area contributed by atoms with Crippen molar-refractivity contribution in [2.24, 2.45) is 5.73 Å². The Balaban J connectivity index is 2.37. The van der Waals surface area contributed by atoms with E-state index in [9.17, 15) is 0 Å². The molecule has 2 N–H and O–H groups in total. The molecule has 3 nitrogen and oxygen atoms in total. The minimum atomic E-state index is 0.414. The first kappa shape index (κ1) is 16.0. The first-order valence-electron chi connectivity index (χ1n) is 7.69. The summed E-state index contributed by atoms with van der Waals surface area (Å²) in [5.41, 5.74) is 8.25. The van der Waals surface area contributed by atoms with Gasteiger partial charge in [0.2, 0.25) is 0 Å². The normalized spacial score (nSPS) is 11.1. The Morgan fingerprint density at radius 1 is 1.24 bits per heavy atom. The molecule has 1 heterocycles. The second-order valence-corrected chi connectivity index (χ2v) is 6.57. The summed E-state index contributed by atoms with van der Waals surface area (Å²) >= 11 is 1.73. The number of aromatic nitrogens is 1. The highest BCUT2D eigenvalue weighted by molar-refractivity contribution is 7.15. The van der Waals surface area contributed by atoms with Crippen LogP contribution in [0.2, 0.25) is 0 Å². The van der Waals surface area contributed by atoms with Crippen LogP contribution in [0.1, 0.15) is 50.1 Å². The number of anilines is 2. The van der Waals surface area contributed by atoms with Crippen LogP contribution in [0.5, 0.6) is 0 Å². The first-order valence-corrected chi connectivity index (χ1v) is 8.51. The van der Waals surface area contributed by atoms with E-state index in [0.717, 1.165) is 23.8 Å². The first-order chi connectivity index (χ1) is 10.2. The van der Waals surface area contributed by atoms with Gasteiger partial charge in [-0.05, 0) is 24.5 Å². The number of thiazole rings is 1. The molecule has 0 atom stereocenters. The van der Waals surface area contributed by atoms with Gasteiger partial charge in [0.15, 0.2) is 5.13 Å². The number of nitrogens with two attached hydrogens (primary N) is 1. The van der Waals surface area contributed by atoms with E-state index in [4.69, 9.17) is 10.7 Å². The Labute approximate surface area is 131 Å². The van der Waals surface area contributed by atoms with Gasteiger partial charge in [-0.3, -0.25) is 0 Å². The fourth-order valence-electron chi connectivity index (χ4n) is 2.32. The number of para-hydroxylation sites is 1. The van der Waals surface area contributed by atoms with Gasteiger partial charge in [0.1, 0.15) is 0 Å². The standard InChI is InChI=1S/C17H25N3S/c1-4-5-11-20(14-9-7-6-8-10-14)17-19-16(13(2)3)15(12-18)21-17/h6-10,13H,4-5,11-12,18H2,1-3H3. The smallest absolute Gasteiger partial charge is 0.190 e. The number of nitrogens with zero attached hydrogens (tertiary/aromatic N) is 2. The Hall–Kier alpha value is -1.39. The molecule has 2 aromatic rings. The SMILES string of the molecule is CCCCN(c1ccccc1)c1nc(C(C)C)c(CN)s1. The predicted molar refractivity (Wildman–Crippen MR) is 92.5 cm³/mol. The quantitative estimate of drug-likeness (QED) is 0.808. The van der Waals surface area contributed by atoms with E-state index in [-0.39, 0.29) is 0 Å². The summed E-state index contributed by atoms with van der Waals surface area (Å²) in [7, 11) is 0. The van der Waals surface area contributed by atoms with Crippen molar-refractivity contribution in [3.8, 4) is 0 Å². The molecule has 2 rings (SSSR count). The predicted octanol–water partition coefficient (Wildman–Crippen LogP) is 4.66. The summed E-state index contributed by atoms with van der Waals surface area (Å²) in [6, 6.07) is 10.5. The summed E-state index contributed by atoms with van der Waals surface area (Å²) < 4.78 is 0. The van der Waals surface area contributed by atoms with Crippen LogP contribution in [-0.4, -0.2) is 11.5 Å². The second-order valence-electron chi connectivity index (χ2n) is 5.50. The lowest BCUT2D eigenvalue weighted by molar-refractivity contribution is 0.774. The van der Waals surface area contributed by atoms with E-state index in [1.807, 2.05) is 6.07 Å². The zero-order valence-electron chi connectivity index (χ0n) is 13.2. The van der Waals surface area contributed by atoms with E-state index in [0.29, 0.717) is 12.5 Å². The average Bonchev–Trinajstić information content (AvgIpc) is 2.93. The summed E-state index contributed by atoms with van der Waals surface area (Å²) in [5, 5.41) is 1.07. The summed E-state index contributed by atoms with van der Waals surface area (Å²) in [5.74, 6) is 0.414. The van der Waals surface area contributed by atoms with Crippen molar-refractivity contribution in [2.45, 2.75) is 46.1 Å². The molecule has 0 aliphatic heterocycles. The molecule has 0 radical (unpaired) electrons. The van der Waals surface area contributed by atoms with Crippen LogP contribution in [-0.2, 0) is 6.54 Å². The molecular weight excluding hydrogens is 278 g/mol. The van der Waals surface area contributed by atoms with Gasteiger partial charge in [0, 0.05) is 23.7 Å². The van der Waals surface area contributed by atoms with Crippen LogP contribution in [0.15, 0.2) is 30.3 Å². The maximum Gasteiger partial charge on any atom is 0.190 e. The van der Waals surface area contributed by atoms with Gasteiger partial charge in [-0.2, -0.15) is 0 Å². The van der Waals surface area contributed by atoms with Gasteiger partial charge >= 0.3 is 0 Å². The molecule has 0 unspecified atom stereocenters. The fourth-order valence-corrected chi connectivity index (χ4v) is 3.46. The Bertz CT molecular complexity index is 548. The van der Waals surface area contributed by atoms with Crippen molar-refractivity contribution in [3.63, 3.8) is 0 Å². The van der Waals surface area contributed by atoms with E-state index >= 15 is 0 Å². The molecule has 21 heavy (non-hydrogen) atoms. The monoisotopic (exact) mass is 303 g/mol. The van der Waals surface area contributed by atoms with Crippen molar-refractivity contribution in [3.05, 3.63) is 40.9 Å². The zero-order valence-corrected chi connectivity index (χ0v) is 14.0. The molecule has 1 aromatic heterocycles. The highest BCUT2D eigenvalue weighted by Gasteiger charge is 2.18. The van der Waals surface area contributed by atoms with Crippen LogP contribution >= 0.6 is 11.3 Å². The number of unbranched alkanes of at least 4 members (excludes halogenated alkanes) is 1. The lowest BCUT2D eigenvalue weighted by atomic mass is 10.1. The lowest BCUT2D eigenvalue weighted by Crippen LogP contribution is -2.18. The van der Waals surface area contributed by atoms with E-state index in [2.05, 4.69) is 49.9 Å². The van der Waals surface area contributed by atoms with Crippen molar-refractivity contribution >= 4 is 22.2 Å². The largest absolute Gasteiger partial charge is 0.326 e. The van der Waals surface area contributed by atoms with Crippen LogP contribution in [0.25, 0.3) is 0 Å². The van der Waals surface area contributed by atoms with Crippen molar-refractivity contribution < 1.29 is 0 Å². The molecule has 114 valence electrons. The summed E-state index contributed by atoms with van der Waals surface area (Å²) in [6.45, 7) is 8.14. The number of hydrogen-bond donors (Lipinski definition) is 1. The maximum atomic E-state index is 5.89. The Kier molecular flexibility index (Phi) is 5.76. The van der Waals surface area contributed by atoms with E-state index in [1.165, 1.54) is 17.0 Å². The van der Waals surface area contributed by atoms with Gasteiger partial charge in [-0.25, -0.2) is 4.98 Å². The molecule has 0 saturated carbocycles. The molecule has 4 heteroatoms.